The SMILES string of the molecule is Cc1cccc(C(=O)NC(CC(=O)O)C(C)C)c1I. The van der Waals surface area contributed by atoms with Crippen LogP contribution in [0.5, 0.6) is 0 Å². The molecule has 0 aliphatic carbocycles. The summed E-state index contributed by atoms with van der Waals surface area (Å²) < 4.78 is 0.899. The molecule has 1 unspecified atom stereocenters. The van der Waals surface area contributed by atoms with E-state index >= 15 is 0 Å². The minimum Gasteiger partial charge on any atom is -0.481 e. The number of carbonyl (C=O) groups is 2. The third kappa shape index (κ3) is 4.49. The Labute approximate surface area is 126 Å². The Morgan fingerprint density at radius 2 is 2.00 bits per heavy atom. The summed E-state index contributed by atoms with van der Waals surface area (Å²) in [5.41, 5.74) is 1.63. The summed E-state index contributed by atoms with van der Waals surface area (Å²) in [6.07, 6.45) is -0.0637. The number of aliphatic carboxylic acids is 1. The molecule has 19 heavy (non-hydrogen) atoms. The molecule has 0 saturated heterocycles. The second kappa shape index (κ2) is 6.88. The number of halogens is 1. The van der Waals surface area contributed by atoms with E-state index in [0.717, 1.165) is 9.13 Å². The fourth-order valence-electron chi connectivity index (χ4n) is 1.71. The standard InChI is InChI=1S/C14H18INO3/c1-8(2)11(7-12(17)18)16-14(19)10-6-4-5-9(3)13(10)15/h4-6,8,11H,7H2,1-3H3,(H,16,19)(H,17,18). The normalized spacial score (nSPS) is 12.3. The van der Waals surface area contributed by atoms with Gasteiger partial charge < -0.3 is 10.4 Å². The molecule has 0 bridgehead atoms. The van der Waals surface area contributed by atoms with Gasteiger partial charge >= 0.3 is 5.97 Å². The van der Waals surface area contributed by atoms with Gasteiger partial charge in [0.05, 0.1) is 12.0 Å². The number of carbonyl (C=O) groups excluding carboxylic acids is 1. The van der Waals surface area contributed by atoms with Crippen LogP contribution in [0.15, 0.2) is 18.2 Å². The molecule has 4 nitrogen and oxygen atoms in total. The molecular formula is C14H18INO3. The van der Waals surface area contributed by atoms with Gasteiger partial charge in [-0.15, -0.1) is 0 Å². The summed E-state index contributed by atoms with van der Waals surface area (Å²) in [4.78, 5) is 23.0. The quantitative estimate of drug-likeness (QED) is 0.778. The van der Waals surface area contributed by atoms with Gasteiger partial charge in [0.1, 0.15) is 0 Å². The van der Waals surface area contributed by atoms with E-state index in [0.29, 0.717) is 5.56 Å². The molecule has 5 heteroatoms. The van der Waals surface area contributed by atoms with Crippen molar-refractivity contribution in [3.05, 3.63) is 32.9 Å². The molecule has 1 aromatic carbocycles. The highest BCUT2D eigenvalue weighted by atomic mass is 127. The van der Waals surface area contributed by atoms with Crippen molar-refractivity contribution < 1.29 is 14.7 Å². The second-order valence-corrected chi connectivity index (χ2v) is 5.94. The molecule has 0 fully saturated rings. The molecule has 1 rings (SSSR count). The molecule has 0 heterocycles. The van der Waals surface area contributed by atoms with Gasteiger partial charge in [-0.1, -0.05) is 26.0 Å². The average Bonchev–Trinajstić information content (AvgIpc) is 2.31. The van der Waals surface area contributed by atoms with Crippen LogP contribution in [0, 0.1) is 16.4 Å². The Morgan fingerprint density at radius 3 is 2.53 bits per heavy atom. The van der Waals surface area contributed by atoms with Crippen molar-refractivity contribution in [2.75, 3.05) is 0 Å². The topological polar surface area (TPSA) is 66.4 Å². The van der Waals surface area contributed by atoms with Crippen molar-refractivity contribution in [2.24, 2.45) is 5.92 Å². The molecule has 104 valence electrons. The van der Waals surface area contributed by atoms with E-state index < -0.39 is 5.97 Å². The number of nitrogens with one attached hydrogen (secondary N) is 1. The smallest absolute Gasteiger partial charge is 0.305 e. The van der Waals surface area contributed by atoms with Crippen LogP contribution in [0.2, 0.25) is 0 Å². The van der Waals surface area contributed by atoms with Crippen molar-refractivity contribution in [1.29, 1.82) is 0 Å². The van der Waals surface area contributed by atoms with Crippen molar-refractivity contribution in [2.45, 2.75) is 33.2 Å². The molecular weight excluding hydrogens is 357 g/mol. The number of hydrogen-bond donors (Lipinski definition) is 2. The first-order chi connectivity index (χ1) is 8.82. The molecule has 0 aromatic heterocycles. The highest BCUT2D eigenvalue weighted by Crippen LogP contribution is 2.17. The van der Waals surface area contributed by atoms with Crippen LogP contribution in [0.1, 0.15) is 36.2 Å². The van der Waals surface area contributed by atoms with Crippen LogP contribution in [-0.2, 0) is 4.79 Å². The molecule has 0 aliphatic heterocycles. The average molecular weight is 375 g/mol. The van der Waals surface area contributed by atoms with E-state index in [4.69, 9.17) is 5.11 Å². The Hall–Kier alpha value is -1.11. The van der Waals surface area contributed by atoms with E-state index in [2.05, 4.69) is 27.9 Å². The summed E-state index contributed by atoms with van der Waals surface area (Å²) in [5, 5.41) is 11.7. The second-order valence-electron chi connectivity index (χ2n) is 4.86. The highest BCUT2D eigenvalue weighted by molar-refractivity contribution is 14.1. The maximum Gasteiger partial charge on any atom is 0.305 e. The third-order valence-corrected chi connectivity index (χ3v) is 4.38. The number of rotatable bonds is 5. The summed E-state index contributed by atoms with van der Waals surface area (Å²) in [5.74, 6) is -1.05. The number of benzene rings is 1. The number of amides is 1. The fourth-order valence-corrected chi connectivity index (χ4v) is 2.31. The van der Waals surface area contributed by atoms with E-state index in [1.807, 2.05) is 32.9 Å². The van der Waals surface area contributed by atoms with Crippen LogP contribution in [0.3, 0.4) is 0 Å². The Morgan fingerprint density at radius 1 is 1.37 bits per heavy atom. The molecule has 1 atom stereocenters. The zero-order valence-electron chi connectivity index (χ0n) is 11.2. The van der Waals surface area contributed by atoms with E-state index in [1.165, 1.54) is 0 Å². The van der Waals surface area contributed by atoms with Gasteiger partial charge in [0.15, 0.2) is 0 Å². The van der Waals surface area contributed by atoms with Crippen molar-refractivity contribution in [3.63, 3.8) is 0 Å². The zero-order chi connectivity index (χ0) is 14.6. The third-order valence-electron chi connectivity index (χ3n) is 2.95. The number of carboxylic acid groups (broad SMARTS) is 1. The van der Waals surface area contributed by atoms with Crippen molar-refractivity contribution in [3.8, 4) is 0 Å². The predicted octanol–water partition coefficient (Wildman–Crippen LogP) is 2.83. The zero-order valence-corrected chi connectivity index (χ0v) is 13.4. The largest absolute Gasteiger partial charge is 0.481 e. The van der Waals surface area contributed by atoms with Gasteiger partial charge in [0.25, 0.3) is 5.91 Å². The first-order valence-electron chi connectivity index (χ1n) is 6.10. The molecule has 2 N–H and O–H groups in total. The van der Waals surface area contributed by atoms with Crippen molar-refractivity contribution in [1.82, 2.24) is 5.32 Å². The Kier molecular flexibility index (Phi) is 5.78. The Bertz CT molecular complexity index is 486. The van der Waals surface area contributed by atoms with E-state index in [1.54, 1.807) is 6.07 Å². The molecule has 0 radical (unpaired) electrons. The monoisotopic (exact) mass is 375 g/mol. The molecule has 1 amide bonds. The first kappa shape index (κ1) is 15.9. The fraction of sp³-hybridized carbons (Fsp3) is 0.429. The van der Waals surface area contributed by atoms with Gasteiger partial charge in [-0.05, 0) is 47.1 Å². The number of hydrogen-bond acceptors (Lipinski definition) is 2. The maximum absolute atomic E-state index is 12.2. The van der Waals surface area contributed by atoms with Crippen molar-refractivity contribution >= 4 is 34.5 Å². The van der Waals surface area contributed by atoms with Gasteiger partial charge in [-0.3, -0.25) is 9.59 Å². The predicted molar refractivity (Wildman–Crippen MR) is 82.2 cm³/mol. The van der Waals surface area contributed by atoms with Crippen LogP contribution in [0.25, 0.3) is 0 Å². The van der Waals surface area contributed by atoms with E-state index in [9.17, 15) is 9.59 Å². The summed E-state index contributed by atoms with van der Waals surface area (Å²) >= 11 is 2.13. The van der Waals surface area contributed by atoms with Crippen LogP contribution >= 0.6 is 22.6 Å². The lowest BCUT2D eigenvalue weighted by Crippen LogP contribution is -2.40. The highest BCUT2D eigenvalue weighted by Gasteiger charge is 2.21. The summed E-state index contributed by atoms with van der Waals surface area (Å²) in [6, 6.07) is 5.16. The molecule has 0 aliphatic rings. The number of aryl methyl sites for hydroxylation is 1. The molecule has 0 spiro atoms. The lowest BCUT2D eigenvalue weighted by atomic mass is 10.0. The van der Waals surface area contributed by atoms with Crippen LogP contribution in [-0.4, -0.2) is 23.0 Å². The lowest BCUT2D eigenvalue weighted by Gasteiger charge is -2.21. The van der Waals surface area contributed by atoms with Gasteiger partial charge in [-0.25, -0.2) is 0 Å². The summed E-state index contributed by atoms with van der Waals surface area (Å²) in [7, 11) is 0. The van der Waals surface area contributed by atoms with Gasteiger partial charge in [-0.2, -0.15) is 0 Å². The maximum atomic E-state index is 12.2. The van der Waals surface area contributed by atoms with Gasteiger partial charge in [0, 0.05) is 9.61 Å². The van der Waals surface area contributed by atoms with Gasteiger partial charge in [0.2, 0.25) is 0 Å². The molecule has 1 aromatic rings. The summed E-state index contributed by atoms with van der Waals surface area (Å²) in [6.45, 7) is 5.74. The van der Waals surface area contributed by atoms with E-state index in [-0.39, 0.29) is 24.3 Å². The Balaban J connectivity index is 2.88. The van der Waals surface area contributed by atoms with Crippen LogP contribution in [0.4, 0.5) is 0 Å². The minimum absolute atomic E-state index is 0.0637. The lowest BCUT2D eigenvalue weighted by molar-refractivity contribution is -0.137. The minimum atomic E-state index is -0.905. The molecule has 0 saturated carbocycles. The first-order valence-corrected chi connectivity index (χ1v) is 7.18. The van der Waals surface area contributed by atoms with Crippen LogP contribution < -0.4 is 5.32 Å². The number of carboxylic acids is 1.